The number of rotatable bonds is 4. The van der Waals surface area contributed by atoms with E-state index in [9.17, 15) is 45.5 Å². The Morgan fingerprint density at radius 2 is 0.816 bits per heavy atom. The second kappa shape index (κ2) is 8.54. The highest BCUT2D eigenvalue weighted by Gasteiger charge is 2.31. The molecule has 12 heteroatoms. The van der Waals surface area contributed by atoms with E-state index in [2.05, 4.69) is 0 Å². The van der Waals surface area contributed by atoms with Crippen LogP contribution in [0, 0.1) is 0 Å². The largest absolute Gasteiger partial charge is 0.416 e. The van der Waals surface area contributed by atoms with Crippen LogP contribution >= 0.6 is 0 Å². The molecule has 194 valence electrons. The normalized spacial score (nSPS) is 12.6. The number of hydrogen-bond acceptors (Lipinski definition) is 4. The number of benzene rings is 3. The average Bonchev–Trinajstić information content (AvgIpc) is 3.22. The van der Waals surface area contributed by atoms with Crippen molar-refractivity contribution in [2.24, 2.45) is 0 Å². The van der Waals surface area contributed by atoms with Gasteiger partial charge in [0.1, 0.15) is 0 Å². The maximum atomic E-state index is 13.0. The minimum atomic E-state index is -4.63. The number of aromatic nitrogens is 2. The van der Waals surface area contributed by atoms with Gasteiger partial charge in [-0.15, -0.1) is 0 Å². The van der Waals surface area contributed by atoms with Crippen LogP contribution in [0.3, 0.4) is 0 Å². The van der Waals surface area contributed by atoms with Gasteiger partial charge in [0, 0.05) is 0 Å². The van der Waals surface area contributed by atoms with Crippen LogP contribution in [0.5, 0.6) is 0 Å². The lowest BCUT2D eigenvalue weighted by Crippen LogP contribution is -2.26. The molecule has 0 N–H and O–H groups in total. The summed E-state index contributed by atoms with van der Waals surface area (Å²) in [5.74, 6) is 0. The van der Waals surface area contributed by atoms with E-state index in [0.717, 1.165) is 48.5 Å². The summed E-state index contributed by atoms with van der Waals surface area (Å²) in [6.45, 7) is -0.936. The zero-order valence-corrected chi connectivity index (χ0v) is 19.0. The summed E-state index contributed by atoms with van der Waals surface area (Å²) in [4.78, 5) is 51.8. The molecule has 0 amide bonds. The Hall–Kier alpha value is -4.48. The quantitative estimate of drug-likeness (QED) is 0.328. The highest BCUT2D eigenvalue weighted by Crippen LogP contribution is 2.30. The van der Waals surface area contributed by atoms with Gasteiger partial charge in [0.2, 0.25) is 0 Å². The third-order valence-electron chi connectivity index (χ3n) is 6.25. The van der Waals surface area contributed by atoms with E-state index in [1.165, 1.54) is 12.1 Å². The summed E-state index contributed by atoms with van der Waals surface area (Å²) in [6, 6.07) is 10.3. The zero-order chi connectivity index (χ0) is 27.6. The van der Waals surface area contributed by atoms with Crippen molar-refractivity contribution in [3.8, 4) is 0 Å². The van der Waals surface area contributed by atoms with Crippen molar-refractivity contribution in [1.29, 1.82) is 0 Å². The summed E-state index contributed by atoms with van der Waals surface area (Å²) < 4.78 is 79.6. The summed E-state index contributed by atoms with van der Waals surface area (Å²) in [7, 11) is 0. The van der Waals surface area contributed by atoms with Gasteiger partial charge in [-0.1, -0.05) is 24.3 Å². The van der Waals surface area contributed by atoms with Gasteiger partial charge < -0.3 is 0 Å². The van der Waals surface area contributed by atoms with Crippen LogP contribution in [-0.2, 0) is 25.4 Å². The minimum absolute atomic E-state index is 0.0429. The van der Waals surface area contributed by atoms with Crippen molar-refractivity contribution in [2.45, 2.75) is 25.4 Å². The first kappa shape index (κ1) is 25.2. The summed E-state index contributed by atoms with van der Waals surface area (Å²) in [5, 5.41) is -0.823. The highest BCUT2D eigenvalue weighted by atomic mass is 19.4. The zero-order valence-electron chi connectivity index (χ0n) is 19.0. The van der Waals surface area contributed by atoms with Crippen molar-refractivity contribution in [3.05, 3.63) is 124 Å². The first-order chi connectivity index (χ1) is 17.8. The van der Waals surface area contributed by atoms with Crippen LogP contribution in [0.1, 0.15) is 22.3 Å². The number of alkyl halides is 6. The molecule has 0 aliphatic rings. The molecule has 0 bridgehead atoms. The number of nitrogens with zero attached hydrogens (tertiary/aromatic N) is 2. The molecule has 0 fully saturated rings. The molecule has 5 aromatic rings. The second-order valence-electron chi connectivity index (χ2n) is 8.73. The first-order valence-electron chi connectivity index (χ1n) is 11.0. The molecule has 38 heavy (non-hydrogen) atoms. The Morgan fingerprint density at radius 1 is 0.500 bits per heavy atom. The molecular formula is C26H14F6N2O4. The van der Waals surface area contributed by atoms with E-state index in [0.29, 0.717) is 9.13 Å². The maximum Gasteiger partial charge on any atom is 0.416 e. The molecule has 5 rings (SSSR count). The minimum Gasteiger partial charge on any atom is -0.270 e. The lowest BCUT2D eigenvalue weighted by atomic mass is 10.1. The van der Waals surface area contributed by atoms with Gasteiger partial charge in [0.05, 0.1) is 45.8 Å². The van der Waals surface area contributed by atoms with E-state index in [4.69, 9.17) is 0 Å². The molecular weight excluding hydrogens is 518 g/mol. The predicted octanol–water partition coefficient (Wildman–Crippen LogP) is 4.05. The van der Waals surface area contributed by atoms with Crippen molar-refractivity contribution in [2.75, 3.05) is 0 Å². The smallest absolute Gasteiger partial charge is 0.270 e. The van der Waals surface area contributed by atoms with Gasteiger partial charge >= 0.3 is 12.4 Å². The Labute approximate surface area is 207 Å². The SMILES string of the molecule is O=c1c2cc3c(=O)n(Cc4cccc(C(F)(F)F)c4)c(=O)c3cc2c(=O)n1Cc1cccc(C(F)(F)F)c1. The Morgan fingerprint density at radius 3 is 1.11 bits per heavy atom. The van der Waals surface area contributed by atoms with Gasteiger partial charge in [-0.05, 0) is 47.5 Å². The predicted molar refractivity (Wildman–Crippen MR) is 126 cm³/mol. The van der Waals surface area contributed by atoms with Crippen LogP contribution in [0.2, 0.25) is 0 Å². The Kier molecular flexibility index (Phi) is 5.66. The van der Waals surface area contributed by atoms with Crippen LogP contribution in [0.15, 0.2) is 79.8 Å². The standard InChI is InChI=1S/C26H14F6N2O4/c27-25(28,29)15-5-1-3-13(7-15)11-33-21(35)17-9-19-20(10-18(17)22(33)36)24(38)34(23(19)37)12-14-4-2-6-16(8-14)26(30,31)32/h1-10H,11-12H2. The molecule has 3 aromatic carbocycles. The van der Waals surface area contributed by atoms with Gasteiger partial charge in [0.25, 0.3) is 22.2 Å². The third kappa shape index (κ3) is 4.21. The van der Waals surface area contributed by atoms with Gasteiger partial charge in [-0.2, -0.15) is 26.3 Å². The molecule has 0 saturated carbocycles. The highest BCUT2D eigenvalue weighted by molar-refractivity contribution is 5.97. The lowest BCUT2D eigenvalue weighted by Gasteiger charge is -2.08. The van der Waals surface area contributed by atoms with Crippen molar-refractivity contribution >= 4 is 21.5 Å². The molecule has 0 spiro atoms. The van der Waals surface area contributed by atoms with Crippen molar-refractivity contribution in [3.63, 3.8) is 0 Å². The van der Waals surface area contributed by atoms with E-state index in [-0.39, 0.29) is 32.7 Å². The van der Waals surface area contributed by atoms with Crippen molar-refractivity contribution in [1.82, 2.24) is 9.13 Å². The second-order valence-corrected chi connectivity index (χ2v) is 8.73. The average molecular weight is 532 g/mol. The monoisotopic (exact) mass is 532 g/mol. The lowest BCUT2D eigenvalue weighted by molar-refractivity contribution is -0.138. The Bertz CT molecular complexity index is 1720. The third-order valence-corrected chi connectivity index (χ3v) is 6.25. The summed E-state index contributed by atoms with van der Waals surface area (Å²) in [5.41, 5.74) is -5.26. The van der Waals surface area contributed by atoms with Crippen LogP contribution < -0.4 is 22.2 Å². The van der Waals surface area contributed by atoms with E-state index in [1.807, 2.05) is 0 Å². The van der Waals surface area contributed by atoms with Crippen LogP contribution in [0.4, 0.5) is 26.3 Å². The molecule has 0 aliphatic heterocycles. The summed E-state index contributed by atoms with van der Waals surface area (Å²) >= 11 is 0. The fraction of sp³-hybridized carbons (Fsp3) is 0.154. The molecule has 0 unspecified atom stereocenters. The molecule has 0 saturated heterocycles. The van der Waals surface area contributed by atoms with Gasteiger partial charge in [0.15, 0.2) is 0 Å². The fourth-order valence-corrected chi connectivity index (χ4v) is 4.42. The number of fused-ring (bicyclic) bond motifs is 2. The van der Waals surface area contributed by atoms with Crippen LogP contribution in [-0.4, -0.2) is 9.13 Å². The van der Waals surface area contributed by atoms with E-state index in [1.54, 1.807) is 0 Å². The summed E-state index contributed by atoms with van der Waals surface area (Å²) in [6.07, 6.45) is -9.25. The molecule has 0 radical (unpaired) electrons. The van der Waals surface area contributed by atoms with E-state index >= 15 is 0 Å². The van der Waals surface area contributed by atoms with E-state index < -0.39 is 58.8 Å². The molecule has 0 aliphatic carbocycles. The molecule has 0 atom stereocenters. The Balaban J connectivity index is 1.59. The molecule has 6 nitrogen and oxygen atoms in total. The number of hydrogen-bond donors (Lipinski definition) is 0. The van der Waals surface area contributed by atoms with Crippen molar-refractivity contribution < 1.29 is 26.3 Å². The maximum absolute atomic E-state index is 13.0. The molecule has 2 heterocycles. The number of halogens is 6. The first-order valence-corrected chi connectivity index (χ1v) is 11.0. The fourth-order valence-electron chi connectivity index (χ4n) is 4.42. The van der Waals surface area contributed by atoms with Gasteiger partial charge in [-0.3, -0.25) is 28.3 Å². The molecule has 2 aromatic heterocycles. The topological polar surface area (TPSA) is 78.1 Å². The van der Waals surface area contributed by atoms with Gasteiger partial charge in [-0.25, -0.2) is 0 Å². The van der Waals surface area contributed by atoms with Crippen LogP contribution in [0.25, 0.3) is 21.5 Å².